The van der Waals surface area contributed by atoms with Crippen LogP contribution in [0.2, 0.25) is 0 Å². The van der Waals surface area contributed by atoms with Gasteiger partial charge in [0.25, 0.3) is 0 Å². The second kappa shape index (κ2) is 11.1. The molecule has 0 saturated carbocycles. The molecule has 0 aliphatic heterocycles. The summed E-state index contributed by atoms with van der Waals surface area (Å²) in [5, 5.41) is 3.79. The van der Waals surface area contributed by atoms with E-state index in [1.165, 1.54) is 12.1 Å². The lowest BCUT2D eigenvalue weighted by Gasteiger charge is -2.15. The van der Waals surface area contributed by atoms with Gasteiger partial charge in [0.1, 0.15) is 17.1 Å². The van der Waals surface area contributed by atoms with Crippen LogP contribution < -0.4 is 10.1 Å². The molecule has 2 aromatic carbocycles. The molecular formula is C27H32FNO4. The van der Waals surface area contributed by atoms with E-state index in [1.54, 1.807) is 24.5 Å². The van der Waals surface area contributed by atoms with Gasteiger partial charge in [-0.15, -0.1) is 0 Å². The molecule has 3 aromatic rings. The smallest absolute Gasteiger partial charge is 0.244 e. The zero-order valence-corrected chi connectivity index (χ0v) is 20.0. The molecule has 0 saturated heterocycles. The number of hydrogen-bond donors (Lipinski definition) is 1. The van der Waals surface area contributed by atoms with E-state index in [-0.39, 0.29) is 17.8 Å². The summed E-state index contributed by atoms with van der Waals surface area (Å²) in [6.07, 6.45) is 4.20. The highest BCUT2D eigenvalue weighted by Crippen LogP contribution is 2.40. The van der Waals surface area contributed by atoms with E-state index in [0.717, 1.165) is 39.6 Å². The molecule has 176 valence electrons. The number of halogens is 1. The first-order valence-corrected chi connectivity index (χ1v) is 11.3. The SMILES string of the molecule is CCOc1c(/C(C)=C/C(=O)NCCCOC(C)C)cc2c(-c3ccc(F)cc3)coc2c1C. The summed E-state index contributed by atoms with van der Waals surface area (Å²) in [4.78, 5) is 12.5. The summed E-state index contributed by atoms with van der Waals surface area (Å²) >= 11 is 0. The molecule has 1 aromatic heterocycles. The third-order valence-electron chi connectivity index (χ3n) is 5.33. The molecule has 0 aliphatic rings. The van der Waals surface area contributed by atoms with Gasteiger partial charge in [0.05, 0.1) is 19.0 Å². The Balaban J connectivity index is 1.92. The number of allylic oxidation sites excluding steroid dienone is 1. The number of carbonyl (C=O) groups is 1. The lowest BCUT2D eigenvalue weighted by Crippen LogP contribution is -2.23. The monoisotopic (exact) mass is 453 g/mol. The summed E-state index contributed by atoms with van der Waals surface area (Å²) in [7, 11) is 0. The summed E-state index contributed by atoms with van der Waals surface area (Å²) in [6.45, 7) is 11.4. The number of fused-ring (bicyclic) bond motifs is 1. The van der Waals surface area contributed by atoms with Crippen molar-refractivity contribution in [2.75, 3.05) is 19.8 Å². The molecular weight excluding hydrogens is 421 g/mol. The second-order valence-electron chi connectivity index (χ2n) is 8.24. The number of benzene rings is 2. The Morgan fingerprint density at radius 3 is 2.64 bits per heavy atom. The van der Waals surface area contributed by atoms with Gasteiger partial charge in [-0.2, -0.15) is 0 Å². The fourth-order valence-corrected chi connectivity index (χ4v) is 3.72. The molecule has 33 heavy (non-hydrogen) atoms. The molecule has 3 rings (SSSR count). The van der Waals surface area contributed by atoms with E-state index in [4.69, 9.17) is 13.9 Å². The fourth-order valence-electron chi connectivity index (χ4n) is 3.72. The molecule has 6 heteroatoms. The minimum Gasteiger partial charge on any atom is -0.493 e. The summed E-state index contributed by atoms with van der Waals surface area (Å²) < 4.78 is 30.7. The van der Waals surface area contributed by atoms with Gasteiger partial charge in [-0.3, -0.25) is 4.79 Å². The van der Waals surface area contributed by atoms with Crippen LogP contribution in [0.3, 0.4) is 0 Å². The number of furan rings is 1. The standard InChI is InChI=1S/C27H32FNO4/c1-6-31-26-19(5)27-23(24(16-33-27)20-8-10-21(28)11-9-20)15-22(26)18(4)14-25(30)29-12-7-13-32-17(2)3/h8-11,14-17H,6-7,12-13H2,1-5H3,(H,29,30)/b18-14+. The summed E-state index contributed by atoms with van der Waals surface area (Å²) in [6, 6.07) is 8.29. The summed E-state index contributed by atoms with van der Waals surface area (Å²) in [5.74, 6) is 0.239. The number of carbonyl (C=O) groups excluding carboxylic acids is 1. The average Bonchev–Trinajstić information content (AvgIpc) is 3.20. The Hall–Kier alpha value is -3.12. The number of ether oxygens (including phenoxy) is 2. The van der Waals surface area contributed by atoms with Gasteiger partial charge in [-0.25, -0.2) is 4.39 Å². The predicted molar refractivity (Wildman–Crippen MR) is 130 cm³/mol. The van der Waals surface area contributed by atoms with Gasteiger partial charge < -0.3 is 19.2 Å². The van der Waals surface area contributed by atoms with Crippen molar-refractivity contribution in [2.45, 2.75) is 47.1 Å². The molecule has 0 fully saturated rings. The van der Waals surface area contributed by atoms with Crippen LogP contribution >= 0.6 is 0 Å². The van der Waals surface area contributed by atoms with Crippen molar-refractivity contribution >= 4 is 22.4 Å². The van der Waals surface area contributed by atoms with Crippen LogP contribution in [0.15, 0.2) is 47.1 Å². The van der Waals surface area contributed by atoms with Gasteiger partial charge in [-0.1, -0.05) is 12.1 Å². The third-order valence-corrected chi connectivity index (χ3v) is 5.33. The van der Waals surface area contributed by atoms with Crippen molar-refractivity contribution in [1.29, 1.82) is 0 Å². The maximum Gasteiger partial charge on any atom is 0.244 e. The van der Waals surface area contributed by atoms with Crippen LogP contribution in [0.1, 0.15) is 45.2 Å². The summed E-state index contributed by atoms with van der Waals surface area (Å²) in [5.41, 5.74) is 4.89. The van der Waals surface area contributed by atoms with E-state index in [0.29, 0.717) is 31.1 Å². The van der Waals surface area contributed by atoms with Gasteiger partial charge in [0.15, 0.2) is 0 Å². The molecule has 0 spiro atoms. The lowest BCUT2D eigenvalue weighted by molar-refractivity contribution is -0.116. The average molecular weight is 454 g/mol. The van der Waals surface area contributed by atoms with Gasteiger partial charge in [0.2, 0.25) is 5.91 Å². The molecule has 5 nitrogen and oxygen atoms in total. The van der Waals surface area contributed by atoms with E-state index in [2.05, 4.69) is 5.32 Å². The first-order chi connectivity index (χ1) is 15.8. The number of aryl methyl sites for hydroxylation is 1. The van der Waals surface area contributed by atoms with Gasteiger partial charge >= 0.3 is 0 Å². The topological polar surface area (TPSA) is 60.7 Å². The molecule has 1 heterocycles. The highest BCUT2D eigenvalue weighted by atomic mass is 19.1. The Kier molecular flexibility index (Phi) is 8.28. The molecule has 0 aliphatic carbocycles. The van der Waals surface area contributed by atoms with E-state index in [9.17, 15) is 9.18 Å². The van der Waals surface area contributed by atoms with Crippen molar-refractivity contribution in [1.82, 2.24) is 5.32 Å². The van der Waals surface area contributed by atoms with E-state index < -0.39 is 0 Å². The predicted octanol–water partition coefficient (Wildman–Crippen LogP) is 6.28. The van der Waals surface area contributed by atoms with Gasteiger partial charge in [-0.05, 0) is 70.4 Å². The zero-order chi connectivity index (χ0) is 24.0. The van der Waals surface area contributed by atoms with Crippen LogP contribution in [-0.2, 0) is 9.53 Å². The second-order valence-corrected chi connectivity index (χ2v) is 8.24. The zero-order valence-electron chi connectivity index (χ0n) is 20.0. The number of amides is 1. The third kappa shape index (κ3) is 6.02. The number of rotatable bonds is 10. The van der Waals surface area contributed by atoms with E-state index in [1.807, 2.05) is 40.7 Å². The maximum atomic E-state index is 13.4. The van der Waals surface area contributed by atoms with Gasteiger partial charge in [0, 0.05) is 41.3 Å². The van der Waals surface area contributed by atoms with Crippen molar-refractivity contribution in [3.63, 3.8) is 0 Å². The number of nitrogens with one attached hydrogen (secondary N) is 1. The lowest BCUT2D eigenvalue weighted by atomic mass is 9.96. The van der Waals surface area contributed by atoms with Crippen LogP contribution in [0, 0.1) is 12.7 Å². The van der Waals surface area contributed by atoms with E-state index >= 15 is 0 Å². The highest BCUT2D eigenvalue weighted by Gasteiger charge is 2.19. The first kappa shape index (κ1) is 24.5. The van der Waals surface area contributed by atoms with Crippen LogP contribution in [0.4, 0.5) is 4.39 Å². The minimum absolute atomic E-state index is 0.164. The van der Waals surface area contributed by atoms with Crippen molar-refractivity contribution in [3.05, 3.63) is 59.6 Å². The molecule has 1 amide bonds. The Labute approximate surface area is 194 Å². The fraction of sp³-hybridized carbons (Fsp3) is 0.370. The molecule has 0 unspecified atom stereocenters. The highest BCUT2D eigenvalue weighted by molar-refractivity contribution is 6.01. The van der Waals surface area contributed by atoms with Crippen LogP contribution in [0.5, 0.6) is 5.75 Å². The Morgan fingerprint density at radius 1 is 1.24 bits per heavy atom. The Morgan fingerprint density at radius 2 is 1.97 bits per heavy atom. The molecule has 0 radical (unpaired) electrons. The molecule has 0 bridgehead atoms. The molecule has 0 atom stereocenters. The minimum atomic E-state index is -0.289. The number of hydrogen-bond acceptors (Lipinski definition) is 4. The van der Waals surface area contributed by atoms with Crippen molar-refractivity contribution < 1.29 is 23.1 Å². The van der Waals surface area contributed by atoms with Crippen molar-refractivity contribution in [3.8, 4) is 16.9 Å². The Bertz CT molecular complexity index is 1130. The quantitative estimate of drug-likeness (QED) is 0.290. The van der Waals surface area contributed by atoms with Crippen LogP contribution in [0.25, 0.3) is 27.7 Å². The first-order valence-electron chi connectivity index (χ1n) is 11.3. The molecule has 1 N–H and O–H groups in total. The van der Waals surface area contributed by atoms with Crippen molar-refractivity contribution in [2.24, 2.45) is 0 Å². The largest absolute Gasteiger partial charge is 0.493 e. The normalized spacial score (nSPS) is 11.9. The maximum absolute atomic E-state index is 13.4. The van der Waals surface area contributed by atoms with Crippen LogP contribution in [-0.4, -0.2) is 31.8 Å².